The third-order valence-electron chi connectivity index (χ3n) is 3.95. The monoisotopic (exact) mass is 496 g/mol. The van der Waals surface area contributed by atoms with Crippen molar-refractivity contribution in [2.45, 2.75) is 6.42 Å². The molecule has 1 aliphatic rings. The maximum Gasteiger partial charge on any atom is 0.306 e. The van der Waals surface area contributed by atoms with Gasteiger partial charge in [0.1, 0.15) is 5.75 Å². The van der Waals surface area contributed by atoms with E-state index in [1.807, 2.05) is 0 Å². The van der Waals surface area contributed by atoms with Crippen molar-refractivity contribution < 1.29 is 24.2 Å². The number of carbonyl (C=O) groups excluding carboxylic acids is 2. The van der Waals surface area contributed by atoms with Crippen LogP contribution in [0.2, 0.25) is 10.0 Å². The van der Waals surface area contributed by atoms with Gasteiger partial charge in [0.05, 0.1) is 28.5 Å². The highest BCUT2D eigenvalue weighted by atomic mass is 35.5. The van der Waals surface area contributed by atoms with Gasteiger partial charge in [-0.15, -0.1) is 0 Å². The summed E-state index contributed by atoms with van der Waals surface area (Å²) in [5.41, 5.74) is 3.32. The highest BCUT2D eigenvalue weighted by Gasteiger charge is 2.34. The normalized spacial score (nSPS) is 14.8. The SMILES string of the molecule is O=C(O)CCOc1ccc(/C=C2/SC(=S)N(NC(=O)c3ccc(Cl)cc3Cl)C2=O)cc1. The van der Waals surface area contributed by atoms with Crippen LogP contribution in [-0.2, 0) is 9.59 Å². The lowest BCUT2D eigenvalue weighted by molar-refractivity contribution is -0.137. The molecule has 0 aromatic heterocycles. The Balaban J connectivity index is 1.67. The van der Waals surface area contributed by atoms with Gasteiger partial charge in [-0.3, -0.25) is 19.8 Å². The molecular weight excluding hydrogens is 483 g/mol. The minimum Gasteiger partial charge on any atom is -0.493 e. The number of aliphatic carboxylic acids is 1. The molecule has 31 heavy (non-hydrogen) atoms. The molecule has 0 saturated carbocycles. The number of hydrogen-bond acceptors (Lipinski definition) is 6. The molecule has 1 heterocycles. The van der Waals surface area contributed by atoms with Crippen LogP contribution in [0.4, 0.5) is 0 Å². The van der Waals surface area contributed by atoms with Gasteiger partial charge in [0.2, 0.25) is 0 Å². The minimum atomic E-state index is -0.941. The molecule has 1 fully saturated rings. The van der Waals surface area contributed by atoms with Crippen LogP contribution in [0.25, 0.3) is 6.08 Å². The second-order valence-electron chi connectivity index (χ2n) is 6.14. The van der Waals surface area contributed by atoms with Crippen LogP contribution in [0.3, 0.4) is 0 Å². The second-order valence-corrected chi connectivity index (χ2v) is 8.66. The van der Waals surface area contributed by atoms with E-state index >= 15 is 0 Å². The van der Waals surface area contributed by atoms with Gasteiger partial charge in [-0.05, 0) is 54.2 Å². The first kappa shape index (κ1) is 23.1. The highest BCUT2D eigenvalue weighted by molar-refractivity contribution is 8.26. The van der Waals surface area contributed by atoms with E-state index in [9.17, 15) is 14.4 Å². The molecule has 0 unspecified atom stereocenters. The number of amides is 2. The van der Waals surface area contributed by atoms with Crippen molar-refractivity contribution in [1.29, 1.82) is 0 Å². The number of benzene rings is 2. The number of halogens is 2. The number of carbonyl (C=O) groups is 3. The summed E-state index contributed by atoms with van der Waals surface area (Å²) in [4.78, 5) is 36.0. The summed E-state index contributed by atoms with van der Waals surface area (Å²) in [6.45, 7) is 0.0602. The molecule has 1 aliphatic heterocycles. The summed E-state index contributed by atoms with van der Waals surface area (Å²) in [7, 11) is 0. The quantitative estimate of drug-likeness (QED) is 0.433. The average Bonchev–Trinajstić information content (AvgIpc) is 2.96. The van der Waals surface area contributed by atoms with Crippen molar-refractivity contribution in [3.8, 4) is 5.75 Å². The van der Waals surface area contributed by atoms with Gasteiger partial charge in [-0.2, -0.15) is 5.01 Å². The number of hydrogen-bond donors (Lipinski definition) is 2. The first-order valence-electron chi connectivity index (χ1n) is 8.73. The van der Waals surface area contributed by atoms with Gasteiger partial charge in [0.15, 0.2) is 4.32 Å². The second kappa shape index (κ2) is 10.1. The number of nitrogens with one attached hydrogen (secondary N) is 1. The largest absolute Gasteiger partial charge is 0.493 e. The van der Waals surface area contributed by atoms with Gasteiger partial charge in [-0.1, -0.05) is 47.1 Å². The van der Waals surface area contributed by atoms with Crippen molar-refractivity contribution in [1.82, 2.24) is 10.4 Å². The molecule has 0 aliphatic carbocycles. The van der Waals surface area contributed by atoms with Crippen molar-refractivity contribution in [2.75, 3.05) is 6.61 Å². The number of thioether (sulfide) groups is 1. The zero-order valence-corrected chi connectivity index (χ0v) is 18.8. The first-order chi connectivity index (χ1) is 14.7. The van der Waals surface area contributed by atoms with Crippen LogP contribution in [0.15, 0.2) is 47.4 Å². The lowest BCUT2D eigenvalue weighted by Crippen LogP contribution is -2.44. The fraction of sp³-hybridized carbons (Fsp3) is 0.100. The Hall–Kier alpha value is -2.59. The zero-order chi connectivity index (χ0) is 22.5. The molecule has 160 valence electrons. The van der Waals surface area contributed by atoms with E-state index in [0.29, 0.717) is 21.2 Å². The van der Waals surface area contributed by atoms with Crippen LogP contribution < -0.4 is 10.2 Å². The number of nitrogens with zero attached hydrogens (tertiary/aromatic N) is 1. The Labute approximate surface area is 196 Å². The summed E-state index contributed by atoms with van der Waals surface area (Å²) >= 11 is 18.1. The number of carboxylic acid groups (broad SMARTS) is 1. The zero-order valence-electron chi connectivity index (χ0n) is 15.6. The number of ether oxygens (including phenoxy) is 1. The van der Waals surface area contributed by atoms with Crippen molar-refractivity contribution in [3.05, 3.63) is 68.5 Å². The molecule has 0 radical (unpaired) electrons. The maximum absolute atomic E-state index is 12.7. The van der Waals surface area contributed by atoms with Gasteiger partial charge in [0, 0.05) is 5.02 Å². The molecule has 0 spiro atoms. The third-order valence-corrected chi connectivity index (χ3v) is 5.80. The van der Waals surface area contributed by atoms with E-state index in [2.05, 4.69) is 5.43 Å². The molecule has 2 N–H and O–H groups in total. The van der Waals surface area contributed by atoms with E-state index < -0.39 is 17.8 Å². The van der Waals surface area contributed by atoms with Gasteiger partial charge < -0.3 is 9.84 Å². The molecule has 2 aromatic rings. The summed E-state index contributed by atoms with van der Waals surface area (Å²) in [6, 6.07) is 11.2. The van der Waals surface area contributed by atoms with Crippen LogP contribution in [0, 0.1) is 0 Å². The Morgan fingerprint density at radius 3 is 2.55 bits per heavy atom. The number of thiocarbonyl (C=S) groups is 1. The van der Waals surface area contributed by atoms with Gasteiger partial charge in [-0.25, -0.2) is 0 Å². The minimum absolute atomic E-state index is 0.0602. The molecule has 0 bridgehead atoms. The predicted octanol–water partition coefficient (Wildman–Crippen LogP) is 4.39. The molecule has 1 saturated heterocycles. The van der Waals surface area contributed by atoms with Crippen LogP contribution in [0.5, 0.6) is 5.75 Å². The lowest BCUT2D eigenvalue weighted by Gasteiger charge is -2.16. The van der Waals surface area contributed by atoms with E-state index in [0.717, 1.165) is 16.8 Å². The van der Waals surface area contributed by atoms with Crippen molar-refractivity contribution in [3.63, 3.8) is 0 Å². The Morgan fingerprint density at radius 2 is 1.90 bits per heavy atom. The number of carboxylic acids is 1. The molecule has 2 aromatic carbocycles. The fourth-order valence-corrected chi connectivity index (χ4v) is 4.14. The number of hydrazine groups is 1. The maximum atomic E-state index is 12.7. The Morgan fingerprint density at radius 1 is 1.19 bits per heavy atom. The van der Waals surface area contributed by atoms with E-state index in [4.69, 9.17) is 45.3 Å². The predicted molar refractivity (Wildman–Crippen MR) is 123 cm³/mol. The molecular formula is C20H14Cl2N2O5S2. The van der Waals surface area contributed by atoms with E-state index in [1.54, 1.807) is 30.3 Å². The van der Waals surface area contributed by atoms with E-state index in [-0.39, 0.29) is 27.9 Å². The standard InChI is InChI=1S/C20H14Cl2N2O5S2/c21-12-3-6-14(15(22)10-12)18(27)23-24-19(28)16(31-20(24)30)9-11-1-4-13(5-2-11)29-8-7-17(25)26/h1-6,9-10H,7-8H2,(H,23,27)(H,25,26)/b16-9+. The van der Waals surface area contributed by atoms with Gasteiger partial charge in [0.25, 0.3) is 11.8 Å². The summed E-state index contributed by atoms with van der Waals surface area (Å²) in [5, 5.41) is 10.2. The molecule has 11 heteroatoms. The molecule has 7 nitrogen and oxygen atoms in total. The topological polar surface area (TPSA) is 95.9 Å². The van der Waals surface area contributed by atoms with Crippen molar-refractivity contribution in [2.24, 2.45) is 0 Å². The Kier molecular flexibility index (Phi) is 7.55. The van der Waals surface area contributed by atoms with Crippen LogP contribution in [0.1, 0.15) is 22.3 Å². The van der Waals surface area contributed by atoms with E-state index in [1.165, 1.54) is 18.2 Å². The fourth-order valence-electron chi connectivity index (χ4n) is 2.47. The van der Waals surface area contributed by atoms with Crippen molar-refractivity contribution >= 4 is 75.4 Å². The van der Waals surface area contributed by atoms with Crippen LogP contribution in [-0.4, -0.2) is 38.8 Å². The average molecular weight is 497 g/mol. The first-order valence-corrected chi connectivity index (χ1v) is 10.7. The molecule has 0 atom stereocenters. The van der Waals surface area contributed by atoms with Gasteiger partial charge >= 0.3 is 5.97 Å². The highest BCUT2D eigenvalue weighted by Crippen LogP contribution is 2.32. The number of rotatable bonds is 7. The summed E-state index contributed by atoms with van der Waals surface area (Å²) in [5.74, 6) is -1.50. The lowest BCUT2D eigenvalue weighted by atomic mass is 10.2. The third kappa shape index (κ3) is 5.98. The molecule has 3 rings (SSSR count). The summed E-state index contributed by atoms with van der Waals surface area (Å²) < 4.78 is 5.50. The van der Waals surface area contributed by atoms with Crippen LogP contribution >= 0.6 is 47.2 Å². The smallest absolute Gasteiger partial charge is 0.306 e. The summed E-state index contributed by atoms with van der Waals surface area (Å²) in [6.07, 6.45) is 1.53. The molecule has 2 amide bonds. The Bertz CT molecular complexity index is 1090.